The van der Waals surface area contributed by atoms with Crippen LogP contribution in [-0.2, 0) is 4.79 Å². The van der Waals surface area contributed by atoms with E-state index in [2.05, 4.69) is 0 Å². The highest BCUT2D eigenvalue weighted by Gasteiger charge is 2.29. The van der Waals surface area contributed by atoms with Gasteiger partial charge in [-0.15, -0.1) is 0 Å². The molecule has 0 unspecified atom stereocenters. The van der Waals surface area contributed by atoms with E-state index in [0.29, 0.717) is 0 Å². The van der Waals surface area contributed by atoms with Gasteiger partial charge in [-0.3, -0.25) is 0 Å². The zero-order valence-electron chi connectivity index (χ0n) is 6.24. The van der Waals surface area contributed by atoms with E-state index in [9.17, 15) is 4.79 Å². The first-order valence-electron chi connectivity index (χ1n) is 3.33. The molecule has 5 N–H and O–H groups in total. The Balaban J connectivity index is 4.07. The lowest BCUT2D eigenvalue weighted by molar-refractivity contribution is -0.136. The van der Waals surface area contributed by atoms with Crippen LogP contribution in [0.4, 0.5) is 0 Å². The van der Waals surface area contributed by atoms with Gasteiger partial charge in [0.2, 0.25) is 0 Å². The van der Waals surface area contributed by atoms with Crippen molar-refractivity contribution in [2.45, 2.75) is 24.4 Å². The lowest BCUT2D eigenvalue weighted by Gasteiger charge is -2.22. The molecule has 0 aliphatic rings. The van der Waals surface area contributed by atoms with Crippen molar-refractivity contribution in [2.24, 2.45) is 0 Å². The summed E-state index contributed by atoms with van der Waals surface area (Å²) in [4.78, 5) is 9.90. The van der Waals surface area contributed by atoms with E-state index in [-0.39, 0.29) is 6.29 Å². The van der Waals surface area contributed by atoms with E-state index in [0.717, 1.165) is 0 Å². The van der Waals surface area contributed by atoms with E-state index in [1.54, 1.807) is 0 Å². The van der Waals surface area contributed by atoms with Crippen LogP contribution in [0.5, 0.6) is 0 Å². The molecule has 4 atom stereocenters. The molecule has 0 aromatic heterocycles. The SMILES string of the molecule is O=[13CH][C@H](O)[C@H](O)[C@H](O)[C@@H](O)CO. The highest BCUT2D eigenvalue weighted by Crippen LogP contribution is 2.02. The lowest BCUT2D eigenvalue weighted by Crippen LogP contribution is -2.46. The van der Waals surface area contributed by atoms with Gasteiger partial charge in [0.1, 0.15) is 24.4 Å². The van der Waals surface area contributed by atoms with Crippen molar-refractivity contribution in [3.8, 4) is 0 Å². The van der Waals surface area contributed by atoms with Gasteiger partial charge in [-0.25, -0.2) is 0 Å². The van der Waals surface area contributed by atoms with Crippen LogP contribution < -0.4 is 0 Å². The predicted molar refractivity (Wildman–Crippen MR) is 37.2 cm³/mol. The smallest absolute Gasteiger partial charge is 0.151 e. The molecular weight excluding hydrogens is 169 g/mol. The van der Waals surface area contributed by atoms with Crippen molar-refractivity contribution < 1.29 is 30.3 Å². The molecule has 0 aromatic rings. The molecule has 0 saturated carbocycles. The second-order valence-corrected chi connectivity index (χ2v) is 2.36. The maximum absolute atomic E-state index is 9.90. The molecule has 0 radical (unpaired) electrons. The molecule has 0 bridgehead atoms. The third-order valence-electron chi connectivity index (χ3n) is 1.42. The van der Waals surface area contributed by atoms with Crippen molar-refractivity contribution in [1.29, 1.82) is 0 Å². The first-order chi connectivity index (χ1) is 5.54. The topological polar surface area (TPSA) is 118 Å². The van der Waals surface area contributed by atoms with Crippen LogP contribution in [0, 0.1) is 0 Å². The van der Waals surface area contributed by atoms with Gasteiger partial charge in [0.25, 0.3) is 0 Å². The average Bonchev–Trinajstić information content (AvgIpc) is 2.12. The molecule has 0 saturated heterocycles. The molecule has 0 fully saturated rings. The van der Waals surface area contributed by atoms with Gasteiger partial charge in [0.05, 0.1) is 6.61 Å². The minimum absolute atomic E-state index is 0.0258. The summed E-state index contributed by atoms with van der Waals surface area (Å²) >= 11 is 0. The molecule has 0 spiro atoms. The Morgan fingerprint density at radius 3 is 1.92 bits per heavy atom. The van der Waals surface area contributed by atoms with Gasteiger partial charge in [0.15, 0.2) is 6.29 Å². The summed E-state index contributed by atoms with van der Waals surface area (Å²) in [7, 11) is 0. The van der Waals surface area contributed by atoms with E-state index in [1.165, 1.54) is 0 Å². The Hall–Kier alpha value is -0.530. The number of aldehydes is 1. The van der Waals surface area contributed by atoms with Gasteiger partial charge in [-0.05, 0) is 0 Å². The third kappa shape index (κ3) is 2.84. The Morgan fingerprint density at radius 1 is 1.08 bits per heavy atom. The minimum Gasteiger partial charge on any atom is -0.394 e. The largest absolute Gasteiger partial charge is 0.394 e. The Labute approximate surface area is 68.7 Å². The molecule has 0 aliphatic heterocycles. The highest BCUT2D eigenvalue weighted by atomic mass is 16.4. The third-order valence-corrected chi connectivity index (χ3v) is 1.42. The van der Waals surface area contributed by atoms with E-state index < -0.39 is 31.0 Å². The summed E-state index contributed by atoms with van der Waals surface area (Å²) in [6.45, 7) is -0.760. The zero-order chi connectivity index (χ0) is 9.72. The number of rotatable bonds is 5. The van der Waals surface area contributed by atoms with Crippen molar-refractivity contribution >= 4 is 6.29 Å². The van der Waals surface area contributed by atoms with E-state index >= 15 is 0 Å². The average molecular weight is 181 g/mol. The van der Waals surface area contributed by atoms with Crippen molar-refractivity contribution in [1.82, 2.24) is 0 Å². The molecule has 72 valence electrons. The molecule has 6 nitrogen and oxygen atoms in total. The fraction of sp³-hybridized carbons (Fsp3) is 0.833. The van der Waals surface area contributed by atoms with Crippen LogP contribution in [0.2, 0.25) is 0 Å². The number of carbonyl (C=O) groups excluding carboxylic acids is 1. The highest BCUT2D eigenvalue weighted by molar-refractivity contribution is 5.56. The van der Waals surface area contributed by atoms with Crippen molar-refractivity contribution in [3.05, 3.63) is 0 Å². The molecule has 0 aromatic carbocycles. The van der Waals surface area contributed by atoms with Crippen LogP contribution in [0.25, 0.3) is 0 Å². The molecule has 0 aliphatic carbocycles. The van der Waals surface area contributed by atoms with Crippen LogP contribution in [0.1, 0.15) is 0 Å². The molecule has 0 amide bonds. The van der Waals surface area contributed by atoms with E-state index in [1.807, 2.05) is 0 Å². The number of aliphatic hydroxyl groups is 5. The summed E-state index contributed by atoms with van der Waals surface area (Å²) in [5.41, 5.74) is 0. The Morgan fingerprint density at radius 2 is 1.58 bits per heavy atom. The maximum atomic E-state index is 9.90. The molecule has 0 heterocycles. The number of hydrogen-bond acceptors (Lipinski definition) is 6. The first-order valence-corrected chi connectivity index (χ1v) is 3.33. The van der Waals surface area contributed by atoms with Gasteiger partial charge in [0, 0.05) is 0 Å². The number of hydrogen-bond donors (Lipinski definition) is 5. The standard InChI is InChI=1S/C6H12O6/c7-1-3(9)5(11)6(12)4(10)2-8/h1,3-6,8-12H,2H2/t3-,4-,5-,6+/m0/s1/i1+1. The molecule has 0 rings (SSSR count). The second-order valence-electron chi connectivity index (χ2n) is 2.36. The van der Waals surface area contributed by atoms with Crippen LogP contribution >= 0.6 is 0 Å². The van der Waals surface area contributed by atoms with Crippen molar-refractivity contribution in [2.75, 3.05) is 6.61 Å². The second kappa shape index (κ2) is 5.18. The molecule has 6 heteroatoms. The fourth-order valence-electron chi connectivity index (χ4n) is 0.618. The summed E-state index contributed by atoms with van der Waals surface area (Å²) in [5.74, 6) is 0. The van der Waals surface area contributed by atoms with Gasteiger partial charge in [-0.1, -0.05) is 0 Å². The summed E-state index contributed by atoms with van der Waals surface area (Å²) in [5, 5.41) is 43.5. The normalized spacial score (nSPS) is 21.1. The summed E-state index contributed by atoms with van der Waals surface area (Å²) in [6, 6.07) is 0. The van der Waals surface area contributed by atoms with Crippen LogP contribution in [-0.4, -0.2) is 62.8 Å². The summed E-state index contributed by atoms with van der Waals surface area (Å²) < 4.78 is 0. The Kier molecular flexibility index (Phi) is 4.95. The van der Waals surface area contributed by atoms with Crippen molar-refractivity contribution in [3.63, 3.8) is 0 Å². The minimum atomic E-state index is -1.79. The number of carbonyl (C=O) groups is 1. The fourth-order valence-corrected chi connectivity index (χ4v) is 0.618. The number of aliphatic hydroxyl groups excluding tert-OH is 5. The maximum Gasteiger partial charge on any atom is 0.151 e. The zero-order valence-corrected chi connectivity index (χ0v) is 6.24. The first kappa shape index (κ1) is 11.5. The molecule has 12 heavy (non-hydrogen) atoms. The summed E-state index contributed by atoms with van der Waals surface area (Å²) in [6.07, 6.45) is -6.84. The Bertz CT molecular complexity index is 138. The lowest BCUT2D eigenvalue weighted by atomic mass is 10.1. The molecular formula is C6H12O6. The van der Waals surface area contributed by atoms with Crippen LogP contribution in [0.3, 0.4) is 0 Å². The van der Waals surface area contributed by atoms with Crippen LogP contribution in [0.15, 0.2) is 0 Å². The predicted octanol–water partition coefficient (Wildman–Crippen LogP) is -3.38. The van der Waals surface area contributed by atoms with Gasteiger partial charge < -0.3 is 30.3 Å². The monoisotopic (exact) mass is 181 g/mol. The van der Waals surface area contributed by atoms with E-state index in [4.69, 9.17) is 25.5 Å². The quantitative estimate of drug-likeness (QED) is 0.223. The van der Waals surface area contributed by atoms with Gasteiger partial charge >= 0.3 is 0 Å². The van der Waals surface area contributed by atoms with Gasteiger partial charge in [-0.2, -0.15) is 0 Å².